The van der Waals surface area contributed by atoms with Crippen LogP contribution in [-0.2, 0) is 0 Å². The van der Waals surface area contributed by atoms with Gasteiger partial charge in [0.15, 0.2) is 0 Å². The Labute approximate surface area is 307 Å². The van der Waals surface area contributed by atoms with E-state index in [0.717, 1.165) is 0 Å². The van der Waals surface area contributed by atoms with E-state index in [2.05, 4.69) is 168 Å². The lowest BCUT2D eigenvalue weighted by Crippen LogP contribution is -1.90. The summed E-state index contributed by atoms with van der Waals surface area (Å²) in [5.74, 6) is 0. The van der Waals surface area contributed by atoms with Crippen LogP contribution in [0.15, 0.2) is 168 Å². The largest absolute Gasteiger partial charge is 0.144 e. The minimum absolute atomic E-state index is 1.25. The van der Waals surface area contributed by atoms with Crippen LogP contribution in [0.25, 0.3) is 106 Å². The molecule has 0 spiro atoms. The molecule has 0 bridgehead atoms. The Bertz CT molecular complexity index is 3010. The molecule has 8 aromatic carbocycles. The lowest BCUT2D eigenvalue weighted by Gasteiger charge is -2.18. The van der Waals surface area contributed by atoms with Gasteiger partial charge in [-0.1, -0.05) is 127 Å². The van der Waals surface area contributed by atoms with Crippen LogP contribution >= 0.6 is 34.0 Å². The molecule has 0 fully saturated rings. The highest BCUT2D eigenvalue weighted by atomic mass is 32.1. The summed E-state index contributed by atoms with van der Waals surface area (Å²) in [6.07, 6.45) is 0. The van der Waals surface area contributed by atoms with Crippen LogP contribution in [0, 0.1) is 0 Å². The third-order valence-electron chi connectivity index (χ3n) is 10.5. The van der Waals surface area contributed by atoms with E-state index in [1.165, 1.54) is 106 Å². The number of benzene rings is 8. The molecule has 0 aliphatic heterocycles. The molecular weight excluding hydrogens is 673 g/mol. The van der Waals surface area contributed by atoms with Gasteiger partial charge in [0.1, 0.15) is 0 Å². The van der Waals surface area contributed by atoms with E-state index in [4.69, 9.17) is 0 Å². The van der Waals surface area contributed by atoms with Gasteiger partial charge in [0.05, 0.1) is 0 Å². The maximum Gasteiger partial charge on any atom is 0.0361 e. The Balaban J connectivity index is 1.24. The first-order valence-corrected chi connectivity index (χ1v) is 19.8. The lowest BCUT2D eigenvalue weighted by molar-refractivity contribution is 1.71. The average Bonchev–Trinajstić information content (AvgIpc) is 3.98. The molecule has 0 saturated heterocycles. The maximum absolute atomic E-state index is 2.47. The standard InChI is InChI=1S/C48H28S3/c1-5-16-34-30(12-1)44(31-13-2-6-17-35(31)46(34)41-22-10-26-49-41)29-24-25-40-39(28-29)48-38(20-9-21-43(48)51-40)45-32-14-3-7-18-36(32)47(42-23-11-27-50-42)37-19-8-4-15-33(37)45/h1-28H. The van der Waals surface area contributed by atoms with E-state index in [1.807, 2.05) is 34.0 Å². The number of fused-ring (bicyclic) bond motifs is 7. The van der Waals surface area contributed by atoms with E-state index in [-0.39, 0.29) is 0 Å². The van der Waals surface area contributed by atoms with Gasteiger partial charge in [-0.05, 0) is 106 Å². The molecule has 11 aromatic rings. The first kappa shape index (κ1) is 29.2. The second-order valence-corrected chi connectivity index (χ2v) is 16.1. The van der Waals surface area contributed by atoms with Gasteiger partial charge in [-0.25, -0.2) is 0 Å². The zero-order valence-corrected chi connectivity index (χ0v) is 29.8. The highest BCUT2D eigenvalue weighted by Gasteiger charge is 2.21. The second kappa shape index (κ2) is 11.5. The van der Waals surface area contributed by atoms with Crippen molar-refractivity contribution in [1.29, 1.82) is 0 Å². The first-order chi connectivity index (χ1) is 25.3. The van der Waals surface area contributed by atoms with E-state index in [1.54, 1.807) is 0 Å². The highest BCUT2D eigenvalue weighted by molar-refractivity contribution is 7.26. The SMILES string of the molecule is c1csc(-c2c3ccccc3c(-c3ccc4sc5cccc(-c6c7ccccc7c(-c7cccs7)c7ccccc67)c5c4c3)c3ccccc23)c1. The number of rotatable bonds is 4. The van der Waals surface area contributed by atoms with Crippen molar-refractivity contribution >= 4 is 97.3 Å². The molecule has 0 unspecified atom stereocenters. The van der Waals surface area contributed by atoms with Gasteiger partial charge in [-0.3, -0.25) is 0 Å². The van der Waals surface area contributed by atoms with Crippen molar-refractivity contribution in [2.45, 2.75) is 0 Å². The van der Waals surface area contributed by atoms with Crippen LogP contribution in [0.2, 0.25) is 0 Å². The molecule has 0 saturated carbocycles. The van der Waals surface area contributed by atoms with Crippen LogP contribution in [0.4, 0.5) is 0 Å². The Morgan fingerprint density at radius 2 is 0.784 bits per heavy atom. The van der Waals surface area contributed by atoms with Gasteiger partial charge in [0.25, 0.3) is 0 Å². The van der Waals surface area contributed by atoms with Crippen LogP contribution in [0.1, 0.15) is 0 Å². The Morgan fingerprint density at radius 1 is 0.314 bits per heavy atom. The van der Waals surface area contributed by atoms with Crippen LogP contribution in [0.3, 0.4) is 0 Å². The van der Waals surface area contributed by atoms with Gasteiger partial charge in [0, 0.05) is 41.1 Å². The molecule has 3 heteroatoms. The molecule has 51 heavy (non-hydrogen) atoms. The van der Waals surface area contributed by atoms with Crippen LogP contribution in [0.5, 0.6) is 0 Å². The van der Waals surface area contributed by atoms with Crippen molar-refractivity contribution in [1.82, 2.24) is 0 Å². The Hall–Kier alpha value is -5.58. The predicted octanol–water partition coefficient (Wildman–Crippen LogP) is 15.5. The molecule has 0 atom stereocenters. The zero-order valence-electron chi connectivity index (χ0n) is 27.4. The highest BCUT2D eigenvalue weighted by Crippen LogP contribution is 2.50. The third kappa shape index (κ3) is 4.36. The number of hydrogen-bond donors (Lipinski definition) is 0. The van der Waals surface area contributed by atoms with Crippen molar-refractivity contribution in [3.8, 4) is 43.1 Å². The summed E-state index contributed by atoms with van der Waals surface area (Å²) >= 11 is 5.53. The van der Waals surface area contributed by atoms with E-state index in [9.17, 15) is 0 Å². The van der Waals surface area contributed by atoms with Crippen molar-refractivity contribution in [3.63, 3.8) is 0 Å². The molecule has 0 aliphatic carbocycles. The smallest absolute Gasteiger partial charge is 0.0361 e. The summed E-state index contributed by atoms with van der Waals surface area (Å²) in [6.45, 7) is 0. The van der Waals surface area contributed by atoms with Gasteiger partial charge in [-0.15, -0.1) is 34.0 Å². The molecular formula is C48H28S3. The van der Waals surface area contributed by atoms with Gasteiger partial charge in [0.2, 0.25) is 0 Å². The molecule has 0 radical (unpaired) electrons. The summed E-state index contributed by atoms with van der Waals surface area (Å²) in [5, 5.41) is 17.4. The normalized spacial score (nSPS) is 11.9. The fraction of sp³-hybridized carbons (Fsp3) is 0. The van der Waals surface area contributed by atoms with Gasteiger partial charge >= 0.3 is 0 Å². The summed E-state index contributed by atoms with van der Waals surface area (Å²) < 4.78 is 2.63. The van der Waals surface area contributed by atoms with Crippen LogP contribution in [-0.4, -0.2) is 0 Å². The van der Waals surface area contributed by atoms with Gasteiger partial charge in [-0.2, -0.15) is 0 Å². The molecule has 0 amide bonds. The van der Waals surface area contributed by atoms with Crippen molar-refractivity contribution in [2.75, 3.05) is 0 Å². The molecule has 11 rings (SSSR count). The topological polar surface area (TPSA) is 0 Å². The molecule has 3 aromatic heterocycles. The summed E-state index contributed by atoms with van der Waals surface area (Å²) in [6, 6.07) is 58.8. The fourth-order valence-corrected chi connectivity index (χ4v) is 11.1. The predicted molar refractivity (Wildman–Crippen MR) is 227 cm³/mol. The summed E-state index contributed by atoms with van der Waals surface area (Å²) in [7, 11) is 0. The average molecular weight is 701 g/mol. The minimum Gasteiger partial charge on any atom is -0.144 e. The molecule has 0 nitrogen and oxygen atoms in total. The van der Waals surface area contributed by atoms with Crippen molar-refractivity contribution < 1.29 is 0 Å². The molecule has 238 valence electrons. The Kier molecular flexibility index (Phi) is 6.57. The first-order valence-electron chi connectivity index (χ1n) is 17.2. The lowest BCUT2D eigenvalue weighted by atomic mass is 9.86. The summed E-state index contributed by atoms with van der Waals surface area (Å²) in [5.41, 5.74) is 7.82. The fourth-order valence-electron chi connectivity index (χ4n) is 8.42. The zero-order chi connectivity index (χ0) is 33.5. The van der Waals surface area contributed by atoms with Crippen molar-refractivity contribution in [2.24, 2.45) is 0 Å². The van der Waals surface area contributed by atoms with E-state index >= 15 is 0 Å². The minimum atomic E-state index is 1.25. The Morgan fingerprint density at radius 3 is 1.25 bits per heavy atom. The van der Waals surface area contributed by atoms with E-state index < -0.39 is 0 Å². The van der Waals surface area contributed by atoms with Gasteiger partial charge < -0.3 is 0 Å². The maximum atomic E-state index is 2.47. The monoisotopic (exact) mass is 700 g/mol. The molecule has 0 aliphatic rings. The van der Waals surface area contributed by atoms with Crippen LogP contribution < -0.4 is 0 Å². The van der Waals surface area contributed by atoms with E-state index in [0.29, 0.717) is 0 Å². The molecule has 0 N–H and O–H groups in total. The third-order valence-corrected chi connectivity index (χ3v) is 13.4. The number of hydrogen-bond acceptors (Lipinski definition) is 3. The molecule has 3 heterocycles. The number of thiophene rings is 3. The second-order valence-electron chi connectivity index (χ2n) is 13.1. The quantitative estimate of drug-likeness (QED) is 0.160. The van der Waals surface area contributed by atoms with Crippen molar-refractivity contribution in [3.05, 3.63) is 168 Å². The summed E-state index contributed by atoms with van der Waals surface area (Å²) in [4.78, 5) is 2.62.